The van der Waals surface area contributed by atoms with Gasteiger partial charge in [-0.25, -0.2) is 8.42 Å². The third-order valence-electron chi connectivity index (χ3n) is 1.88. The Bertz CT molecular complexity index is 253. The van der Waals surface area contributed by atoms with Crippen LogP contribution >= 0.6 is 11.6 Å². The summed E-state index contributed by atoms with van der Waals surface area (Å²) in [7, 11) is -3.37. The fourth-order valence-electron chi connectivity index (χ4n) is 0.749. The molecule has 3 nitrogen and oxygen atoms in total. The Morgan fingerprint density at radius 3 is 2.00 bits per heavy atom. The lowest BCUT2D eigenvalue weighted by Gasteiger charge is -2.28. The van der Waals surface area contributed by atoms with Crippen molar-refractivity contribution in [2.75, 3.05) is 5.75 Å². The first-order chi connectivity index (χ1) is 5.63. The maximum absolute atomic E-state index is 11.3. The normalized spacial score (nSPS) is 18.3. The highest BCUT2D eigenvalue weighted by Crippen LogP contribution is 2.27. The Morgan fingerprint density at radius 1 is 1.38 bits per heavy atom. The number of sulfone groups is 1. The van der Waals surface area contributed by atoms with Crippen molar-refractivity contribution in [1.82, 2.24) is 0 Å². The van der Waals surface area contributed by atoms with E-state index in [1.807, 2.05) is 0 Å². The van der Waals surface area contributed by atoms with Crippen LogP contribution in [-0.4, -0.2) is 30.1 Å². The molecule has 0 radical (unpaired) electrons. The Hall–Kier alpha value is 0.200. The van der Waals surface area contributed by atoms with Gasteiger partial charge in [0.05, 0.1) is 6.10 Å². The molecule has 0 amide bonds. The van der Waals surface area contributed by atoms with Crippen molar-refractivity contribution in [1.29, 1.82) is 0 Å². The average molecular weight is 229 g/mol. The molecule has 0 heterocycles. The molecule has 0 aliphatic carbocycles. The highest BCUT2D eigenvalue weighted by atomic mass is 35.5. The summed E-state index contributed by atoms with van der Waals surface area (Å²) in [5.74, 6) is -0.0473. The molecule has 13 heavy (non-hydrogen) atoms. The largest absolute Gasteiger partial charge is 0.390 e. The molecule has 1 N–H and O–H groups in total. The van der Waals surface area contributed by atoms with E-state index in [1.165, 1.54) is 6.92 Å². The summed E-state index contributed by atoms with van der Waals surface area (Å²) in [6.45, 7) is 6.76. The fraction of sp³-hybridized carbons (Fsp3) is 1.00. The lowest BCUT2D eigenvalue weighted by molar-refractivity contribution is 0.0746. The molecule has 0 saturated carbocycles. The molecule has 0 unspecified atom stereocenters. The monoisotopic (exact) mass is 228 g/mol. The minimum Gasteiger partial charge on any atom is -0.390 e. The molecule has 0 rings (SSSR count). The SMILES string of the molecule is CCS(=O)(=O)[C@H](Cl)[C@@H](O)C(C)(C)C. The molecule has 0 aliphatic heterocycles. The van der Waals surface area contributed by atoms with Crippen molar-refractivity contribution in [3.8, 4) is 0 Å². The van der Waals surface area contributed by atoms with Crippen molar-refractivity contribution in [2.45, 2.75) is 38.5 Å². The van der Waals surface area contributed by atoms with Crippen LogP contribution in [0.2, 0.25) is 0 Å². The van der Waals surface area contributed by atoms with Crippen molar-refractivity contribution >= 4 is 21.4 Å². The van der Waals surface area contributed by atoms with E-state index < -0.39 is 26.1 Å². The zero-order chi connectivity index (χ0) is 10.9. The molecule has 0 spiro atoms. The minimum atomic E-state index is -3.37. The van der Waals surface area contributed by atoms with Gasteiger partial charge in [0, 0.05) is 5.75 Å². The molecule has 0 aromatic heterocycles. The van der Waals surface area contributed by atoms with Crippen LogP contribution in [-0.2, 0) is 9.84 Å². The summed E-state index contributed by atoms with van der Waals surface area (Å²) >= 11 is 5.67. The van der Waals surface area contributed by atoms with E-state index in [-0.39, 0.29) is 5.75 Å². The van der Waals surface area contributed by atoms with Crippen LogP contribution in [0.15, 0.2) is 0 Å². The van der Waals surface area contributed by atoms with E-state index in [4.69, 9.17) is 11.6 Å². The van der Waals surface area contributed by atoms with E-state index >= 15 is 0 Å². The van der Waals surface area contributed by atoms with Crippen LogP contribution < -0.4 is 0 Å². The van der Waals surface area contributed by atoms with Gasteiger partial charge in [-0.2, -0.15) is 0 Å². The van der Waals surface area contributed by atoms with E-state index in [1.54, 1.807) is 20.8 Å². The highest BCUT2D eigenvalue weighted by Gasteiger charge is 2.36. The average Bonchev–Trinajstić information content (AvgIpc) is 2.00. The van der Waals surface area contributed by atoms with Crippen LogP contribution in [0.25, 0.3) is 0 Å². The maximum atomic E-state index is 11.3. The quantitative estimate of drug-likeness (QED) is 0.743. The summed E-state index contributed by atoms with van der Waals surface area (Å²) in [4.78, 5) is 0. The molecule has 0 saturated heterocycles. The van der Waals surface area contributed by atoms with Crippen LogP contribution in [0.4, 0.5) is 0 Å². The number of hydrogen-bond acceptors (Lipinski definition) is 3. The van der Waals surface area contributed by atoms with Gasteiger partial charge in [-0.3, -0.25) is 0 Å². The lowest BCUT2D eigenvalue weighted by Crippen LogP contribution is -2.39. The number of aliphatic hydroxyl groups excluding tert-OH is 1. The summed E-state index contributed by atoms with van der Waals surface area (Å²) in [5.41, 5.74) is -0.519. The summed E-state index contributed by atoms with van der Waals surface area (Å²) < 4.78 is 21.4. The van der Waals surface area contributed by atoms with Gasteiger partial charge in [0.1, 0.15) is 0 Å². The van der Waals surface area contributed by atoms with Crippen LogP contribution in [0.1, 0.15) is 27.7 Å². The zero-order valence-electron chi connectivity index (χ0n) is 8.41. The van der Waals surface area contributed by atoms with E-state index in [9.17, 15) is 13.5 Å². The number of halogens is 1. The minimum absolute atomic E-state index is 0.0473. The first-order valence-corrected chi connectivity index (χ1v) is 6.32. The maximum Gasteiger partial charge on any atom is 0.169 e. The van der Waals surface area contributed by atoms with Gasteiger partial charge < -0.3 is 5.11 Å². The Kier molecular flexibility index (Phi) is 4.22. The van der Waals surface area contributed by atoms with Gasteiger partial charge >= 0.3 is 0 Å². The van der Waals surface area contributed by atoms with Gasteiger partial charge in [-0.1, -0.05) is 27.7 Å². The standard InChI is InChI=1S/C8H17ClO3S/c1-5-13(11,12)7(9)6(10)8(2,3)4/h6-7,10H,5H2,1-4H3/t6-,7+/m1/s1. The van der Waals surface area contributed by atoms with Crippen molar-refractivity contribution in [3.05, 3.63) is 0 Å². The second kappa shape index (κ2) is 4.15. The van der Waals surface area contributed by atoms with Gasteiger partial charge in [0.2, 0.25) is 0 Å². The second-order valence-corrected chi connectivity index (χ2v) is 7.25. The Labute approximate surface area is 85.0 Å². The number of hydrogen-bond donors (Lipinski definition) is 1. The van der Waals surface area contributed by atoms with Crippen molar-refractivity contribution in [3.63, 3.8) is 0 Å². The lowest BCUT2D eigenvalue weighted by atomic mass is 9.90. The van der Waals surface area contributed by atoms with Crippen molar-refractivity contribution in [2.24, 2.45) is 5.41 Å². The van der Waals surface area contributed by atoms with Crippen molar-refractivity contribution < 1.29 is 13.5 Å². The Morgan fingerprint density at radius 2 is 1.77 bits per heavy atom. The first kappa shape index (κ1) is 13.2. The molecule has 0 bridgehead atoms. The van der Waals surface area contributed by atoms with Gasteiger partial charge in [0.15, 0.2) is 14.5 Å². The first-order valence-electron chi connectivity index (χ1n) is 4.16. The molecular weight excluding hydrogens is 212 g/mol. The molecular formula is C8H17ClO3S. The topological polar surface area (TPSA) is 54.4 Å². The summed E-state index contributed by atoms with van der Waals surface area (Å²) in [6, 6.07) is 0. The molecule has 5 heteroatoms. The molecule has 2 atom stereocenters. The van der Waals surface area contributed by atoms with Crippen LogP contribution in [0.3, 0.4) is 0 Å². The number of aliphatic hydroxyl groups is 1. The predicted octanol–water partition coefficient (Wildman–Crippen LogP) is 1.39. The number of rotatable bonds is 3. The third-order valence-corrected chi connectivity index (χ3v) is 4.68. The Balaban J connectivity index is 4.73. The summed E-state index contributed by atoms with van der Waals surface area (Å²) in [6.07, 6.45) is -1.04. The van der Waals surface area contributed by atoms with Gasteiger partial charge in [-0.05, 0) is 5.41 Å². The molecule has 0 aliphatic rings. The van der Waals surface area contributed by atoms with Gasteiger partial charge in [-0.15, -0.1) is 11.6 Å². The van der Waals surface area contributed by atoms with E-state index in [0.717, 1.165) is 0 Å². The van der Waals surface area contributed by atoms with Crippen LogP contribution in [0.5, 0.6) is 0 Å². The summed E-state index contributed by atoms with van der Waals surface area (Å²) in [5, 5.41) is 9.61. The predicted molar refractivity (Wildman–Crippen MR) is 54.6 cm³/mol. The van der Waals surface area contributed by atoms with Gasteiger partial charge in [0.25, 0.3) is 0 Å². The second-order valence-electron chi connectivity index (χ2n) is 4.11. The molecule has 0 fully saturated rings. The third kappa shape index (κ3) is 3.44. The van der Waals surface area contributed by atoms with E-state index in [0.29, 0.717) is 0 Å². The van der Waals surface area contributed by atoms with E-state index in [2.05, 4.69) is 0 Å². The zero-order valence-corrected chi connectivity index (χ0v) is 9.98. The number of alkyl halides is 1. The molecule has 0 aromatic carbocycles. The van der Waals surface area contributed by atoms with Crippen LogP contribution in [0, 0.1) is 5.41 Å². The smallest absolute Gasteiger partial charge is 0.169 e. The molecule has 80 valence electrons. The highest BCUT2D eigenvalue weighted by molar-refractivity contribution is 7.93. The fourth-order valence-corrected chi connectivity index (χ4v) is 2.62. The molecule has 0 aromatic rings.